The lowest BCUT2D eigenvalue weighted by atomic mass is 9.95. The van der Waals surface area contributed by atoms with Crippen LogP contribution in [0.5, 0.6) is 0 Å². The molecule has 0 saturated carbocycles. The second kappa shape index (κ2) is 7.94. The van der Waals surface area contributed by atoms with Gasteiger partial charge in [0.15, 0.2) is 0 Å². The molecule has 1 unspecified atom stereocenters. The molecule has 31 heavy (non-hydrogen) atoms. The van der Waals surface area contributed by atoms with Gasteiger partial charge in [-0.1, -0.05) is 18.2 Å². The molecule has 0 bridgehead atoms. The second-order valence-electron chi connectivity index (χ2n) is 6.97. The molecule has 0 fully saturated rings. The fourth-order valence-corrected chi connectivity index (χ4v) is 3.59. The summed E-state index contributed by atoms with van der Waals surface area (Å²) in [7, 11) is 0. The van der Waals surface area contributed by atoms with Gasteiger partial charge in [0.2, 0.25) is 5.91 Å². The largest absolute Gasteiger partial charge is 0.324 e. The van der Waals surface area contributed by atoms with Gasteiger partial charge in [-0.2, -0.15) is 0 Å². The Bertz CT molecular complexity index is 1200. The van der Waals surface area contributed by atoms with Crippen LogP contribution < -0.4 is 5.32 Å². The molecule has 2 amide bonds. The van der Waals surface area contributed by atoms with E-state index in [-0.39, 0.29) is 17.8 Å². The summed E-state index contributed by atoms with van der Waals surface area (Å²) in [5.41, 5.74) is 0.777. The van der Waals surface area contributed by atoms with Gasteiger partial charge >= 0.3 is 0 Å². The van der Waals surface area contributed by atoms with Crippen molar-refractivity contribution in [2.24, 2.45) is 0 Å². The molecule has 1 atom stereocenters. The van der Waals surface area contributed by atoms with Crippen LogP contribution >= 0.6 is 0 Å². The molecule has 1 heterocycles. The van der Waals surface area contributed by atoms with Crippen molar-refractivity contribution in [2.75, 3.05) is 11.9 Å². The Kier molecular flexibility index (Phi) is 5.16. The molecule has 0 aliphatic carbocycles. The van der Waals surface area contributed by atoms with E-state index in [0.29, 0.717) is 16.8 Å². The average molecular weight is 423 g/mol. The molecule has 0 spiro atoms. The maximum Gasteiger partial charge on any atom is 0.270 e. The average Bonchev–Trinajstić information content (AvgIpc) is 2.89. The van der Waals surface area contributed by atoms with Crippen LogP contribution in [0.1, 0.15) is 27.5 Å². The van der Waals surface area contributed by atoms with E-state index in [1.54, 1.807) is 0 Å². The molecule has 1 N–H and O–H groups in total. The fourth-order valence-electron chi connectivity index (χ4n) is 3.59. The van der Waals surface area contributed by atoms with Crippen LogP contribution in [0.2, 0.25) is 0 Å². The van der Waals surface area contributed by atoms with E-state index in [1.807, 2.05) is 0 Å². The van der Waals surface area contributed by atoms with Gasteiger partial charge in [0.1, 0.15) is 18.2 Å². The molecule has 1 aliphatic heterocycles. The first-order valence-electron chi connectivity index (χ1n) is 9.23. The Labute approximate surface area is 175 Å². The lowest BCUT2D eigenvalue weighted by Gasteiger charge is -2.30. The van der Waals surface area contributed by atoms with Gasteiger partial charge in [0.25, 0.3) is 11.6 Å². The Morgan fingerprint density at radius 1 is 1.03 bits per heavy atom. The second-order valence-corrected chi connectivity index (χ2v) is 6.97. The number of amides is 2. The SMILES string of the molecule is O=C1CN(C(=O)c2cccc([N+](=O)[O-])c2)C(c2ccc(F)cc2)c2cc(F)ccc2N1. The molecule has 0 aromatic heterocycles. The number of hydrogen-bond donors (Lipinski definition) is 1. The number of rotatable bonds is 3. The van der Waals surface area contributed by atoms with Crippen LogP contribution in [-0.4, -0.2) is 28.2 Å². The predicted octanol–water partition coefficient (Wildman–Crippen LogP) is 4.06. The van der Waals surface area contributed by atoms with Crippen LogP contribution in [0.15, 0.2) is 66.7 Å². The molecule has 4 rings (SSSR count). The molecular formula is C22H15F2N3O4. The minimum Gasteiger partial charge on any atom is -0.324 e. The number of nitro benzene ring substituents is 1. The Hall–Kier alpha value is -4.14. The van der Waals surface area contributed by atoms with Crippen molar-refractivity contribution in [1.82, 2.24) is 4.90 Å². The van der Waals surface area contributed by atoms with E-state index in [1.165, 1.54) is 65.6 Å². The molecule has 156 valence electrons. The Balaban J connectivity index is 1.88. The normalized spacial score (nSPS) is 15.6. The number of hydrogen-bond acceptors (Lipinski definition) is 4. The quantitative estimate of drug-likeness (QED) is 0.508. The van der Waals surface area contributed by atoms with Crippen molar-refractivity contribution in [3.05, 3.63) is 105 Å². The number of benzene rings is 3. The van der Waals surface area contributed by atoms with Crippen LogP contribution in [0.4, 0.5) is 20.2 Å². The lowest BCUT2D eigenvalue weighted by Crippen LogP contribution is -2.39. The van der Waals surface area contributed by atoms with Crippen LogP contribution in [-0.2, 0) is 4.79 Å². The van der Waals surface area contributed by atoms with E-state index in [4.69, 9.17) is 0 Å². The number of carbonyl (C=O) groups excluding carboxylic acids is 2. The van der Waals surface area contributed by atoms with Crippen molar-refractivity contribution < 1.29 is 23.3 Å². The summed E-state index contributed by atoms with van der Waals surface area (Å²) < 4.78 is 27.6. The first-order valence-corrected chi connectivity index (χ1v) is 9.23. The zero-order valence-electron chi connectivity index (χ0n) is 15.9. The summed E-state index contributed by atoms with van der Waals surface area (Å²) in [4.78, 5) is 37.6. The third-order valence-electron chi connectivity index (χ3n) is 4.96. The van der Waals surface area contributed by atoms with Gasteiger partial charge in [-0.25, -0.2) is 8.78 Å². The third-order valence-corrected chi connectivity index (χ3v) is 4.96. The molecule has 3 aromatic rings. The number of nitrogens with zero attached hydrogens (tertiary/aromatic N) is 2. The van der Waals surface area contributed by atoms with Crippen LogP contribution in [0.3, 0.4) is 0 Å². The monoisotopic (exact) mass is 423 g/mol. The zero-order valence-corrected chi connectivity index (χ0v) is 15.9. The summed E-state index contributed by atoms with van der Waals surface area (Å²) in [6, 6.07) is 13.2. The Morgan fingerprint density at radius 2 is 1.74 bits per heavy atom. The number of nitro groups is 1. The van der Waals surface area contributed by atoms with Gasteiger partial charge in [0, 0.05) is 28.9 Å². The molecule has 9 heteroatoms. The highest BCUT2D eigenvalue weighted by Gasteiger charge is 2.34. The highest BCUT2D eigenvalue weighted by atomic mass is 19.1. The molecule has 1 aliphatic rings. The molecular weight excluding hydrogens is 408 g/mol. The first kappa shape index (κ1) is 20.1. The predicted molar refractivity (Wildman–Crippen MR) is 107 cm³/mol. The van der Waals surface area contributed by atoms with Crippen molar-refractivity contribution in [3.63, 3.8) is 0 Å². The van der Waals surface area contributed by atoms with Crippen LogP contribution in [0, 0.1) is 21.7 Å². The van der Waals surface area contributed by atoms with Gasteiger partial charge in [0.05, 0.1) is 11.0 Å². The van der Waals surface area contributed by atoms with Gasteiger partial charge < -0.3 is 10.2 Å². The lowest BCUT2D eigenvalue weighted by molar-refractivity contribution is -0.384. The number of anilines is 1. The topological polar surface area (TPSA) is 92.5 Å². The maximum absolute atomic E-state index is 14.1. The number of nitrogens with one attached hydrogen (secondary N) is 1. The van der Waals surface area contributed by atoms with Gasteiger partial charge in [-0.15, -0.1) is 0 Å². The van der Waals surface area contributed by atoms with Crippen molar-refractivity contribution in [1.29, 1.82) is 0 Å². The highest BCUT2D eigenvalue weighted by Crippen LogP contribution is 2.37. The number of halogens is 2. The summed E-state index contributed by atoms with van der Waals surface area (Å²) in [5.74, 6) is -2.26. The number of fused-ring (bicyclic) bond motifs is 1. The summed E-state index contributed by atoms with van der Waals surface area (Å²) in [6.45, 7) is -0.389. The summed E-state index contributed by atoms with van der Waals surface area (Å²) >= 11 is 0. The smallest absolute Gasteiger partial charge is 0.270 e. The van der Waals surface area contributed by atoms with Crippen molar-refractivity contribution >= 4 is 23.2 Å². The highest BCUT2D eigenvalue weighted by molar-refractivity contribution is 6.01. The fraction of sp³-hybridized carbons (Fsp3) is 0.0909. The number of carbonyl (C=O) groups is 2. The Morgan fingerprint density at radius 3 is 2.45 bits per heavy atom. The zero-order chi connectivity index (χ0) is 22.1. The molecule has 0 radical (unpaired) electrons. The minimum absolute atomic E-state index is 0.00559. The van der Waals surface area contributed by atoms with Gasteiger partial charge in [-0.3, -0.25) is 19.7 Å². The molecule has 3 aromatic carbocycles. The first-order chi connectivity index (χ1) is 14.8. The van der Waals surface area contributed by atoms with Crippen molar-refractivity contribution in [2.45, 2.75) is 6.04 Å². The van der Waals surface area contributed by atoms with Crippen molar-refractivity contribution in [3.8, 4) is 0 Å². The summed E-state index contributed by atoms with van der Waals surface area (Å²) in [5, 5.41) is 13.8. The summed E-state index contributed by atoms with van der Waals surface area (Å²) in [6.07, 6.45) is 0. The molecule has 0 saturated heterocycles. The minimum atomic E-state index is -0.933. The van der Waals surface area contributed by atoms with E-state index in [2.05, 4.69) is 5.32 Å². The van der Waals surface area contributed by atoms with E-state index >= 15 is 0 Å². The number of non-ortho nitro benzene ring substituents is 1. The van der Waals surface area contributed by atoms with Gasteiger partial charge in [-0.05, 0) is 42.0 Å². The standard InChI is InChI=1S/C22H15F2N3O4/c23-15-6-4-13(5-7-15)21-18-11-16(24)8-9-19(18)25-20(28)12-26(21)22(29)14-2-1-3-17(10-14)27(30)31/h1-11,21H,12H2,(H,25,28). The van der Waals surface area contributed by atoms with Crippen LogP contribution in [0.25, 0.3) is 0 Å². The maximum atomic E-state index is 14.1. The van der Waals surface area contributed by atoms with E-state index in [0.717, 1.165) is 6.07 Å². The van der Waals surface area contributed by atoms with E-state index < -0.39 is 34.4 Å². The third kappa shape index (κ3) is 3.97. The van der Waals surface area contributed by atoms with E-state index in [9.17, 15) is 28.5 Å². The molecule has 7 nitrogen and oxygen atoms in total.